The topological polar surface area (TPSA) is 86.7 Å². The second-order valence-electron chi connectivity index (χ2n) is 6.92. The van der Waals surface area contributed by atoms with E-state index in [4.69, 9.17) is 30.5 Å². The van der Waals surface area contributed by atoms with Crippen LogP contribution < -0.4 is 4.74 Å². The third-order valence-electron chi connectivity index (χ3n) is 4.02. The summed E-state index contributed by atoms with van der Waals surface area (Å²) >= 11 is 6.38. The molecule has 146 valence electrons. The third kappa shape index (κ3) is 2.97. The monoisotopic (exact) mass is 396 g/mol. The number of esters is 1. The van der Waals surface area contributed by atoms with Gasteiger partial charge in [-0.25, -0.2) is 9.59 Å². The van der Waals surface area contributed by atoms with Gasteiger partial charge in [0.2, 0.25) is 0 Å². The molecule has 3 rings (SSSR count). The van der Waals surface area contributed by atoms with Gasteiger partial charge in [0.25, 0.3) is 0 Å². The Morgan fingerprint density at radius 3 is 2.52 bits per heavy atom. The van der Waals surface area contributed by atoms with Crippen LogP contribution in [0.1, 0.15) is 44.4 Å². The summed E-state index contributed by atoms with van der Waals surface area (Å²) in [5.41, 5.74) is -0.408. The first-order chi connectivity index (χ1) is 12.6. The van der Waals surface area contributed by atoms with E-state index >= 15 is 0 Å². The van der Waals surface area contributed by atoms with Crippen molar-refractivity contribution in [3.63, 3.8) is 0 Å². The van der Waals surface area contributed by atoms with Gasteiger partial charge in [-0.05, 0) is 58.7 Å². The highest BCUT2D eigenvalue weighted by Gasteiger charge is 2.65. The minimum atomic E-state index is -1.98. The average molecular weight is 397 g/mol. The van der Waals surface area contributed by atoms with Gasteiger partial charge in [0.05, 0.1) is 17.8 Å². The highest BCUT2D eigenvalue weighted by molar-refractivity contribution is 6.32. The lowest BCUT2D eigenvalue weighted by Gasteiger charge is -2.28. The van der Waals surface area contributed by atoms with Crippen LogP contribution in [0.3, 0.4) is 0 Å². The Bertz CT molecular complexity index is 851. The van der Waals surface area contributed by atoms with Gasteiger partial charge in [-0.15, -0.1) is 5.01 Å². The molecule has 0 saturated heterocycles. The minimum Gasteiger partial charge on any atom is -0.447 e. The smallest absolute Gasteiger partial charge is 0.435 e. The lowest BCUT2D eigenvalue weighted by atomic mass is 9.96. The maximum Gasteiger partial charge on any atom is 0.435 e. The number of hydrogen-bond donors (Lipinski definition) is 0. The molecule has 2 aliphatic heterocycles. The van der Waals surface area contributed by atoms with Gasteiger partial charge in [-0.1, -0.05) is 16.7 Å². The van der Waals surface area contributed by atoms with Crippen LogP contribution in [0.15, 0.2) is 11.2 Å². The van der Waals surface area contributed by atoms with Crippen molar-refractivity contribution in [1.82, 2.24) is 5.01 Å². The second kappa shape index (κ2) is 6.60. The lowest BCUT2D eigenvalue weighted by molar-refractivity contribution is -0.165. The summed E-state index contributed by atoms with van der Waals surface area (Å²) in [5, 5.41) is 5.30. The molecule has 1 atom stereocenters. The zero-order chi connectivity index (χ0) is 20.1. The van der Waals surface area contributed by atoms with E-state index in [9.17, 15) is 9.59 Å². The third-order valence-corrected chi connectivity index (χ3v) is 4.61. The van der Waals surface area contributed by atoms with Crippen LogP contribution in [0.4, 0.5) is 4.79 Å². The van der Waals surface area contributed by atoms with Crippen molar-refractivity contribution in [1.29, 1.82) is 0 Å². The maximum atomic E-state index is 12.9. The summed E-state index contributed by atoms with van der Waals surface area (Å²) in [6, 6.07) is 1.62. The van der Waals surface area contributed by atoms with Crippen molar-refractivity contribution in [3.8, 4) is 5.75 Å². The Labute approximate surface area is 162 Å². The molecular weight excluding hydrogens is 376 g/mol. The van der Waals surface area contributed by atoms with Crippen LogP contribution in [0, 0.1) is 13.8 Å². The molecule has 0 aromatic heterocycles. The Kier molecular flexibility index (Phi) is 4.71. The van der Waals surface area contributed by atoms with Gasteiger partial charge < -0.3 is 18.9 Å². The molecule has 8 nitrogen and oxygen atoms in total. The Morgan fingerprint density at radius 2 is 1.93 bits per heavy atom. The number of carbonyl (C=O) groups is 2. The van der Waals surface area contributed by atoms with E-state index in [0.717, 1.165) is 10.6 Å². The number of halogens is 1. The zero-order valence-corrected chi connectivity index (χ0v) is 16.7. The van der Waals surface area contributed by atoms with E-state index in [0.29, 0.717) is 16.1 Å². The first-order valence-corrected chi connectivity index (χ1v) is 8.93. The highest BCUT2D eigenvalue weighted by Crippen LogP contribution is 2.50. The number of hydrazone groups is 1. The standard InChI is InChI=1S/C18H21ClN2O6/c1-8(2)24-16-20-21(17(23)25-9(3)4)18(27-16)13-11(6)14(19)10(5)7-12(13)26-15(18)22/h7-9H,1-6H3. The molecule has 2 aliphatic rings. The summed E-state index contributed by atoms with van der Waals surface area (Å²) in [5.74, 6) is -0.572. The number of rotatable bonds is 2. The number of fused-ring (bicyclic) bond motifs is 2. The molecule has 1 amide bonds. The van der Waals surface area contributed by atoms with Crippen LogP contribution in [0.2, 0.25) is 5.02 Å². The molecular formula is C18H21ClN2O6. The van der Waals surface area contributed by atoms with Crippen LogP contribution in [-0.4, -0.2) is 35.4 Å². The van der Waals surface area contributed by atoms with Crippen LogP contribution >= 0.6 is 11.6 Å². The number of aryl methyl sites for hydroxylation is 1. The van der Waals surface area contributed by atoms with Crippen molar-refractivity contribution in [2.45, 2.75) is 59.5 Å². The molecule has 1 unspecified atom stereocenters. The quantitative estimate of drug-likeness (QED) is 0.560. The highest BCUT2D eigenvalue weighted by atomic mass is 35.5. The summed E-state index contributed by atoms with van der Waals surface area (Å²) in [6.45, 7) is 10.4. The molecule has 2 heterocycles. The van der Waals surface area contributed by atoms with Crippen molar-refractivity contribution in [2.24, 2.45) is 5.10 Å². The maximum absolute atomic E-state index is 12.9. The molecule has 0 N–H and O–H groups in total. The first-order valence-electron chi connectivity index (χ1n) is 8.55. The van der Waals surface area contributed by atoms with Gasteiger partial charge in [0, 0.05) is 5.02 Å². The molecule has 1 aromatic rings. The summed E-state index contributed by atoms with van der Waals surface area (Å²) < 4.78 is 21.9. The zero-order valence-electron chi connectivity index (χ0n) is 16.0. The lowest BCUT2D eigenvalue weighted by Crippen LogP contribution is -2.50. The molecule has 1 aromatic carbocycles. The summed E-state index contributed by atoms with van der Waals surface area (Å²) in [4.78, 5) is 25.6. The number of benzene rings is 1. The molecule has 0 fully saturated rings. The predicted octanol–water partition coefficient (Wildman–Crippen LogP) is 3.60. The molecule has 1 spiro atoms. The normalized spacial score (nSPS) is 20.7. The number of ether oxygens (including phenoxy) is 4. The minimum absolute atomic E-state index is 0.230. The summed E-state index contributed by atoms with van der Waals surface area (Å²) in [6.07, 6.45) is -1.82. The van der Waals surface area contributed by atoms with Gasteiger partial charge in [-0.2, -0.15) is 0 Å². The fourth-order valence-corrected chi connectivity index (χ4v) is 3.14. The number of nitrogens with zero attached hydrogens (tertiary/aromatic N) is 2. The summed E-state index contributed by atoms with van der Waals surface area (Å²) in [7, 11) is 0. The predicted molar refractivity (Wildman–Crippen MR) is 96.4 cm³/mol. The molecule has 0 radical (unpaired) electrons. The first kappa shape index (κ1) is 19.3. The SMILES string of the molecule is Cc1cc2c(c(C)c1Cl)C1(OC(OC(C)C)=NN1C(=O)OC(C)C)C(=O)O2. The second-order valence-corrected chi connectivity index (χ2v) is 7.30. The molecule has 9 heteroatoms. The fraction of sp³-hybridized carbons (Fsp3) is 0.500. The van der Waals surface area contributed by atoms with Crippen LogP contribution in [-0.2, 0) is 24.7 Å². The van der Waals surface area contributed by atoms with Crippen molar-refractivity contribution >= 4 is 29.7 Å². The van der Waals surface area contributed by atoms with E-state index in [1.165, 1.54) is 0 Å². The van der Waals surface area contributed by atoms with Crippen LogP contribution in [0.25, 0.3) is 0 Å². The molecule has 0 saturated carbocycles. The molecule has 27 heavy (non-hydrogen) atoms. The van der Waals surface area contributed by atoms with E-state index in [-0.39, 0.29) is 17.9 Å². The Balaban J connectivity index is 2.17. The number of hydrogen-bond acceptors (Lipinski definition) is 7. The number of amides is 1. The van der Waals surface area contributed by atoms with Gasteiger partial charge in [-0.3, -0.25) is 0 Å². The van der Waals surface area contributed by atoms with Crippen molar-refractivity contribution in [2.75, 3.05) is 0 Å². The largest absolute Gasteiger partial charge is 0.447 e. The number of carbonyl (C=O) groups excluding carboxylic acids is 2. The molecule has 0 aliphatic carbocycles. The van der Waals surface area contributed by atoms with Crippen LogP contribution in [0.5, 0.6) is 5.75 Å². The molecule has 0 bridgehead atoms. The Morgan fingerprint density at radius 1 is 1.26 bits per heavy atom. The Hall–Kier alpha value is -2.48. The average Bonchev–Trinajstić information content (AvgIpc) is 3.03. The van der Waals surface area contributed by atoms with Crippen molar-refractivity contribution < 1.29 is 28.5 Å². The van der Waals surface area contributed by atoms with E-state index < -0.39 is 23.9 Å². The van der Waals surface area contributed by atoms with Gasteiger partial charge in [0.1, 0.15) is 5.75 Å². The van der Waals surface area contributed by atoms with Crippen molar-refractivity contribution in [3.05, 3.63) is 27.8 Å². The fourth-order valence-electron chi connectivity index (χ4n) is 2.99. The van der Waals surface area contributed by atoms with E-state index in [2.05, 4.69) is 5.10 Å². The van der Waals surface area contributed by atoms with E-state index in [1.807, 2.05) is 0 Å². The van der Waals surface area contributed by atoms with E-state index in [1.54, 1.807) is 47.6 Å². The van der Waals surface area contributed by atoms with Gasteiger partial charge >= 0.3 is 23.9 Å². The van der Waals surface area contributed by atoms with Gasteiger partial charge in [0.15, 0.2) is 0 Å².